The zero-order valence-electron chi connectivity index (χ0n) is 14.4. The highest BCUT2D eigenvalue weighted by Gasteiger charge is 2.59. The zero-order chi connectivity index (χ0) is 17.3. The van der Waals surface area contributed by atoms with E-state index in [-0.39, 0.29) is 11.8 Å². The molecule has 0 aromatic carbocycles. The number of hydrogen-bond acceptors (Lipinski definition) is 5. The minimum atomic E-state index is -0.787. The van der Waals surface area contributed by atoms with Crippen molar-refractivity contribution >= 4 is 17.6 Å². The van der Waals surface area contributed by atoms with Crippen molar-refractivity contribution in [3.8, 4) is 0 Å². The average molecular weight is 344 g/mol. The average Bonchev–Trinajstić information content (AvgIpc) is 3.50. The molecule has 0 unspecified atom stereocenters. The number of pyridine rings is 1. The van der Waals surface area contributed by atoms with Crippen LogP contribution in [0.15, 0.2) is 24.4 Å². The standard InChI is InChI=1S/C18H24N4O3/c23-16(18(4-5-18)17(24)22-11-13-25-14-12-22)21-9-7-20(8-10-21)15-3-1-2-6-19-15/h1-3,6H,4-5,7-14H2. The second-order valence-corrected chi connectivity index (χ2v) is 6.95. The van der Waals surface area contributed by atoms with Crippen molar-refractivity contribution in [1.29, 1.82) is 0 Å². The summed E-state index contributed by atoms with van der Waals surface area (Å²) in [6, 6.07) is 5.86. The van der Waals surface area contributed by atoms with Gasteiger partial charge in [0.05, 0.1) is 13.2 Å². The summed E-state index contributed by atoms with van der Waals surface area (Å²) in [5.74, 6) is 0.970. The van der Waals surface area contributed by atoms with Crippen molar-refractivity contribution in [2.24, 2.45) is 5.41 Å². The third kappa shape index (κ3) is 3.08. The number of amides is 2. The van der Waals surface area contributed by atoms with E-state index in [1.165, 1.54) is 0 Å². The van der Waals surface area contributed by atoms with Gasteiger partial charge in [-0.25, -0.2) is 4.98 Å². The number of ether oxygens (including phenoxy) is 1. The molecule has 2 saturated heterocycles. The lowest BCUT2D eigenvalue weighted by molar-refractivity contribution is -0.152. The maximum atomic E-state index is 13.0. The van der Waals surface area contributed by atoms with Gasteiger partial charge < -0.3 is 19.4 Å². The van der Waals surface area contributed by atoms with E-state index in [1.54, 1.807) is 11.1 Å². The van der Waals surface area contributed by atoms with Gasteiger partial charge in [-0.2, -0.15) is 0 Å². The zero-order valence-corrected chi connectivity index (χ0v) is 14.4. The molecule has 0 atom stereocenters. The molecule has 0 spiro atoms. The summed E-state index contributed by atoms with van der Waals surface area (Å²) in [6.45, 7) is 5.14. The van der Waals surface area contributed by atoms with E-state index in [4.69, 9.17) is 4.74 Å². The van der Waals surface area contributed by atoms with Crippen molar-refractivity contribution in [2.75, 3.05) is 57.4 Å². The molecule has 1 aliphatic carbocycles. The molecule has 2 amide bonds. The van der Waals surface area contributed by atoms with Crippen molar-refractivity contribution in [3.05, 3.63) is 24.4 Å². The Labute approximate surface area is 147 Å². The number of carbonyl (C=O) groups is 2. The van der Waals surface area contributed by atoms with E-state index in [0.717, 1.165) is 18.9 Å². The Kier molecular flexibility index (Phi) is 4.33. The van der Waals surface area contributed by atoms with E-state index in [2.05, 4.69) is 9.88 Å². The summed E-state index contributed by atoms with van der Waals surface area (Å²) in [5, 5.41) is 0. The predicted octanol–water partition coefficient (Wildman–Crippen LogP) is 0.369. The van der Waals surface area contributed by atoms with Crippen molar-refractivity contribution in [3.63, 3.8) is 0 Å². The van der Waals surface area contributed by atoms with Crippen molar-refractivity contribution in [1.82, 2.24) is 14.8 Å². The summed E-state index contributed by atoms with van der Waals surface area (Å²) in [5.41, 5.74) is -0.787. The number of aromatic nitrogens is 1. The van der Waals surface area contributed by atoms with Crippen LogP contribution in [-0.4, -0.2) is 79.1 Å². The summed E-state index contributed by atoms with van der Waals surface area (Å²) in [6.07, 6.45) is 3.15. The van der Waals surface area contributed by atoms with Crippen LogP contribution in [0.1, 0.15) is 12.8 Å². The molecule has 0 N–H and O–H groups in total. The van der Waals surface area contributed by atoms with E-state index < -0.39 is 5.41 Å². The third-order valence-electron chi connectivity index (χ3n) is 5.41. The quantitative estimate of drug-likeness (QED) is 0.741. The molecule has 7 heteroatoms. The number of carbonyl (C=O) groups excluding carboxylic acids is 2. The highest BCUT2D eigenvalue weighted by molar-refractivity contribution is 6.08. The maximum Gasteiger partial charge on any atom is 0.238 e. The number of nitrogens with zero attached hydrogens (tertiary/aromatic N) is 4. The van der Waals surface area contributed by atoms with Gasteiger partial charge in [-0.15, -0.1) is 0 Å². The lowest BCUT2D eigenvalue weighted by Gasteiger charge is -2.38. The second kappa shape index (κ2) is 6.63. The van der Waals surface area contributed by atoms with Crippen molar-refractivity contribution in [2.45, 2.75) is 12.8 Å². The fraction of sp³-hybridized carbons (Fsp3) is 0.611. The SMILES string of the molecule is O=C(N1CCOCC1)C1(C(=O)N2CCN(c3ccccn3)CC2)CC1. The minimum absolute atomic E-state index is 0.00737. The topological polar surface area (TPSA) is 66.0 Å². The summed E-state index contributed by atoms with van der Waals surface area (Å²) < 4.78 is 5.31. The van der Waals surface area contributed by atoms with Gasteiger partial charge in [0.25, 0.3) is 0 Å². The molecule has 0 bridgehead atoms. The number of rotatable bonds is 3. The molecule has 3 aliphatic rings. The maximum absolute atomic E-state index is 13.0. The first-order chi connectivity index (χ1) is 12.2. The molecule has 1 aromatic heterocycles. The van der Waals surface area contributed by atoms with Crippen LogP contribution in [0, 0.1) is 5.41 Å². The molecular formula is C18H24N4O3. The molecule has 1 saturated carbocycles. The van der Waals surface area contributed by atoms with E-state index in [0.29, 0.717) is 52.2 Å². The van der Waals surface area contributed by atoms with E-state index in [9.17, 15) is 9.59 Å². The van der Waals surface area contributed by atoms with Crippen LogP contribution in [0.25, 0.3) is 0 Å². The molecule has 0 radical (unpaired) electrons. The monoisotopic (exact) mass is 344 g/mol. The molecule has 3 heterocycles. The smallest absolute Gasteiger partial charge is 0.238 e. The molecule has 134 valence electrons. The highest BCUT2D eigenvalue weighted by atomic mass is 16.5. The predicted molar refractivity (Wildman–Crippen MR) is 92.1 cm³/mol. The Bertz CT molecular complexity index is 633. The number of morpholine rings is 1. The van der Waals surface area contributed by atoms with Gasteiger partial charge in [0.1, 0.15) is 11.2 Å². The summed E-state index contributed by atoms with van der Waals surface area (Å²) >= 11 is 0. The van der Waals surface area contributed by atoms with Gasteiger partial charge >= 0.3 is 0 Å². The third-order valence-corrected chi connectivity index (χ3v) is 5.41. The van der Waals surface area contributed by atoms with E-state index in [1.807, 2.05) is 23.1 Å². The Morgan fingerprint density at radius 1 is 0.920 bits per heavy atom. The van der Waals surface area contributed by atoms with Crippen LogP contribution >= 0.6 is 0 Å². The number of anilines is 1. The molecular weight excluding hydrogens is 320 g/mol. The Hall–Kier alpha value is -2.15. The first kappa shape index (κ1) is 16.3. The fourth-order valence-electron chi connectivity index (χ4n) is 3.70. The van der Waals surface area contributed by atoms with Crippen LogP contribution in [-0.2, 0) is 14.3 Å². The van der Waals surface area contributed by atoms with Crippen LogP contribution in [0.5, 0.6) is 0 Å². The van der Waals surface area contributed by atoms with Crippen LogP contribution in [0.2, 0.25) is 0 Å². The highest BCUT2D eigenvalue weighted by Crippen LogP contribution is 2.49. The van der Waals surface area contributed by atoms with E-state index >= 15 is 0 Å². The van der Waals surface area contributed by atoms with Gasteiger partial charge in [0.2, 0.25) is 11.8 Å². The van der Waals surface area contributed by atoms with Crippen LogP contribution < -0.4 is 4.90 Å². The number of hydrogen-bond donors (Lipinski definition) is 0. The first-order valence-corrected chi connectivity index (χ1v) is 9.03. The van der Waals surface area contributed by atoms with Crippen LogP contribution in [0.3, 0.4) is 0 Å². The number of piperazine rings is 1. The van der Waals surface area contributed by atoms with Gasteiger partial charge in [-0.3, -0.25) is 9.59 Å². The molecule has 7 nitrogen and oxygen atoms in total. The summed E-state index contributed by atoms with van der Waals surface area (Å²) in [7, 11) is 0. The molecule has 1 aromatic rings. The van der Waals surface area contributed by atoms with Gasteiger partial charge in [-0.1, -0.05) is 6.07 Å². The fourth-order valence-corrected chi connectivity index (χ4v) is 3.70. The van der Waals surface area contributed by atoms with Gasteiger partial charge in [-0.05, 0) is 25.0 Å². The minimum Gasteiger partial charge on any atom is -0.378 e. The Morgan fingerprint density at radius 3 is 2.12 bits per heavy atom. The van der Waals surface area contributed by atoms with Crippen molar-refractivity contribution < 1.29 is 14.3 Å². The first-order valence-electron chi connectivity index (χ1n) is 9.03. The molecule has 4 rings (SSSR count). The Morgan fingerprint density at radius 2 is 1.56 bits per heavy atom. The lowest BCUT2D eigenvalue weighted by atomic mass is 10.0. The summed E-state index contributed by atoms with van der Waals surface area (Å²) in [4.78, 5) is 36.1. The molecule has 2 aliphatic heterocycles. The Balaban J connectivity index is 1.38. The normalized spacial score (nSPS) is 22.6. The van der Waals surface area contributed by atoms with Crippen LogP contribution in [0.4, 0.5) is 5.82 Å². The largest absolute Gasteiger partial charge is 0.378 e. The molecule has 25 heavy (non-hydrogen) atoms. The lowest BCUT2D eigenvalue weighted by Crippen LogP contribution is -2.54. The molecule has 3 fully saturated rings. The van der Waals surface area contributed by atoms with Gasteiger partial charge in [0, 0.05) is 45.5 Å². The second-order valence-electron chi connectivity index (χ2n) is 6.95. The van der Waals surface area contributed by atoms with Gasteiger partial charge in [0.15, 0.2) is 0 Å².